The number of benzene rings is 8. The molecule has 1 fully saturated rings. The summed E-state index contributed by atoms with van der Waals surface area (Å²) >= 11 is 1.78. The molecule has 9 rings (SSSR count). The third-order valence-electron chi connectivity index (χ3n) is 12.1. The number of rotatable bonds is 10. The average Bonchev–Trinajstić information content (AvgIpc) is 3.84. The van der Waals surface area contributed by atoms with E-state index in [1.165, 1.54) is 65.3 Å². The molecule has 3 heteroatoms. The fourth-order valence-electron chi connectivity index (χ4n) is 8.92. The van der Waals surface area contributed by atoms with Crippen molar-refractivity contribution in [1.29, 1.82) is 0 Å². The Morgan fingerprint density at radius 3 is 1.32 bits per heavy atom. The molecule has 8 aromatic rings. The van der Waals surface area contributed by atoms with Gasteiger partial charge in [0.1, 0.15) is 0 Å². The molecule has 1 nitrogen and oxygen atoms in total. The van der Waals surface area contributed by atoms with E-state index >= 15 is 0 Å². The van der Waals surface area contributed by atoms with Gasteiger partial charge in [0.05, 0.1) is 0 Å². The van der Waals surface area contributed by atoms with Gasteiger partial charge in [-0.15, -0.1) is 0 Å². The zero-order valence-corrected chi connectivity index (χ0v) is 40.6. The van der Waals surface area contributed by atoms with Gasteiger partial charge >= 0.3 is 261 Å². The van der Waals surface area contributed by atoms with Crippen LogP contribution >= 0.6 is 7.26 Å². The third-order valence-corrected chi connectivity index (χ3v) is 17.5. The molecule has 1 aliphatic heterocycles. The van der Waals surface area contributed by atoms with Gasteiger partial charge in [-0.2, -0.15) is 0 Å². The zero-order valence-electron chi connectivity index (χ0n) is 37.1. The second-order valence-electron chi connectivity index (χ2n) is 16.1. The van der Waals surface area contributed by atoms with E-state index in [4.69, 9.17) is 4.74 Å². The molecule has 1 saturated heterocycles. The quantitative estimate of drug-likeness (QED) is 0.0574. The van der Waals surface area contributed by atoms with Crippen LogP contribution in [0.5, 0.6) is 0 Å². The van der Waals surface area contributed by atoms with Crippen molar-refractivity contribution in [1.82, 2.24) is 0 Å². The van der Waals surface area contributed by atoms with E-state index in [0.29, 0.717) is 13.2 Å². The second-order valence-corrected chi connectivity index (χ2v) is 20.1. The van der Waals surface area contributed by atoms with Gasteiger partial charge in [0.15, 0.2) is 0 Å². The molecule has 0 N–H and O–H groups in total. The maximum absolute atomic E-state index is 6.01. The molecule has 0 unspecified atom stereocenters. The van der Waals surface area contributed by atoms with Gasteiger partial charge < -0.3 is 0 Å². The fraction of sp³-hybridized carbons (Fsp3) is 0.0635. The van der Waals surface area contributed by atoms with E-state index in [1.807, 2.05) is 6.92 Å². The normalized spacial score (nSPS) is 14.6. The van der Waals surface area contributed by atoms with Crippen molar-refractivity contribution >= 4 is 75.1 Å². The summed E-state index contributed by atoms with van der Waals surface area (Å²) in [4.78, 5) is 0. The number of fused-ring (bicyclic) bond motifs is 2. The molecule has 0 aliphatic carbocycles. The molecule has 66 heavy (non-hydrogen) atoms. The van der Waals surface area contributed by atoms with Crippen molar-refractivity contribution in [3.05, 3.63) is 262 Å². The first-order valence-corrected chi connectivity index (χ1v) is 25.4. The van der Waals surface area contributed by atoms with Crippen LogP contribution in [0.15, 0.2) is 228 Å². The van der Waals surface area contributed by atoms with Crippen LogP contribution in [0.2, 0.25) is 0 Å². The van der Waals surface area contributed by atoms with Crippen LogP contribution in [0.25, 0.3) is 51.9 Å². The van der Waals surface area contributed by atoms with Crippen molar-refractivity contribution < 1.29 is 22.7 Å². The van der Waals surface area contributed by atoms with Crippen molar-refractivity contribution in [3.8, 4) is 16.2 Å². The SMILES string of the molecule is CC=C1COCC1=CC(C#Cc1ccc(/C=C/c2c3ccccc3c(/C=C/c3ccc(/C=C/C)cc3)c3ccccc23)cc1)=C([C]#[Os])[P+](c1ccccc1)(c1ccccc1)c1ccccc1. The Morgan fingerprint density at radius 2 is 0.894 bits per heavy atom. The van der Waals surface area contributed by atoms with Gasteiger partial charge in [-0.05, 0) is 45.2 Å². The molecular weight excluding hydrogens is 994 g/mol. The standard InChI is InChI=1S/C63H49OP.Os/c1-4-19-48-30-32-50(33-31-48)39-42-62-58-26-15-17-28-60(58)63(61-29-18-16-27-59(61)62)43-40-51-36-34-49(35-37-51)38-41-53(44-54-46-64-45-52(54)5-2)47(3)65(55-20-9-6-10-21-55,56-22-11-7-12-23-56)57-24-13-8-14-25-57;/h4-37,39-40,42-44H,45-46H2,1-2H3;/q+1;/b19-4+,42-39+,43-40+,52-5?,53-47?,54-44?;. The first-order chi connectivity index (χ1) is 32.6. The van der Waals surface area contributed by atoms with Gasteiger partial charge in [-0.1, -0.05) is 97.1 Å². The minimum absolute atomic E-state index is 0.550. The summed E-state index contributed by atoms with van der Waals surface area (Å²) in [5.74, 6) is 7.35. The van der Waals surface area contributed by atoms with Crippen LogP contribution < -0.4 is 15.9 Å². The van der Waals surface area contributed by atoms with Crippen molar-refractivity contribution in [2.45, 2.75) is 13.8 Å². The van der Waals surface area contributed by atoms with Gasteiger partial charge in [0, 0.05) is 0 Å². The molecular formula is C63H49OOsP+. The summed E-state index contributed by atoms with van der Waals surface area (Å²) in [6.45, 7) is 5.29. The zero-order chi connectivity index (χ0) is 45.1. The Morgan fingerprint density at radius 1 is 0.485 bits per heavy atom. The van der Waals surface area contributed by atoms with Crippen LogP contribution in [0.3, 0.4) is 0 Å². The predicted molar refractivity (Wildman–Crippen MR) is 283 cm³/mol. The van der Waals surface area contributed by atoms with Gasteiger partial charge in [-0.3, -0.25) is 0 Å². The fourth-order valence-corrected chi connectivity index (χ4v) is 14.7. The van der Waals surface area contributed by atoms with E-state index in [0.717, 1.165) is 27.6 Å². The number of hydrogen-bond acceptors (Lipinski definition) is 1. The Bertz CT molecular complexity index is 3160. The Labute approximate surface area is 400 Å². The summed E-state index contributed by atoms with van der Waals surface area (Å²) in [5, 5.41) is 9.81. The summed E-state index contributed by atoms with van der Waals surface area (Å²) in [7, 11) is -2.48. The Hall–Kier alpha value is -6.91. The molecule has 319 valence electrons. The molecule has 1 heterocycles. The summed E-state index contributed by atoms with van der Waals surface area (Å²) < 4.78 is 9.81. The molecule has 0 atom stereocenters. The minimum atomic E-state index is -2.48. The number of ether oxygens (including phenoxy) is 1. The molecule has 0 aromatic heterocycles. The monoisotopic (exact) mass is 1040 g/mol. The molecule has 0 saturated carbocycles. The van der Waals surface area contributed by atoms with E-state index in [1.54, 1.807) is 17.9 Å². The molecule has 0 radical (unpaired) electrons. The number of allylic oxidation sites excluding steroid dienone is 5. The first-order valence-electron chi connectivity index (χ1n) is 22.3. The van der Waals surface area contributed by atoms with Crippen LogP contribution in [0.4, 0.5) is 0 Å². The molecule has 0 bridgehead atoms. The molecule has 0 spiro atoms. The van der Waals surface area contributed by atoms with Crippen LogP contribution in [-0.2, 0) is 22.7 Å². The van der Waals surface area contributed by atoms with E-state index < -0.39 is 7.26 Å². The van der Waals surface area contributed by atoms with Crippen LogP contribution in [0.1, 0.15) is 47.2 Å². The van der Waals surface area contributed by atoms with Crippen LogP contribution in [-0.4, -0.2) is 13.2 Å². The third kappa shape index (κ3) is 9.28. The van der Waals surface area contributed by atoms with Gasteiger partial charge in [-0.25, -0.2) is 0 Å². The van der Waals surface area contributed by atoms with E-state index in [9.17, 15) is 0 Å². The molecule has 1 aliphatic rings. The van der Waals surface area contributed by atoms with Crippen LogP contribution in [0, 0.1) is 16.2 Å². The van der Waals surface area contributed by atoms with Crippen molar-refractivity contribution in [3.63, 3.8) is 0 Å². The molecule has 8 aromatic carbocycles. The van der Waals surface area contributed by atoms with Gasteiger partial charge in [0.25, 0.3) is 0 Å². The summed E-state index contributed by atoms with van der Waals surface area (Å²) in [6.07, 6.45) is 17.6. The van der Waals surface area contributed by atoms with E-state index in [-0.39, 0.29) is 0 Å². The van der Waals surface area contributed by atoms with Gasteiger partial charge in [0.2, 0.25) is 0 Å². The maximum atomic E-state index is 6.01. The Balaban J connectivity index is 1.12. The van der Waals surface area contributed by atoms with Crippen molar-refractivity contribution in [2.24, 2.45) is 0 Å². The summed E-state index contributed by atoms with van der Waals surface area (Å²) in [5.41, 5.74) is 10.2. The van der Waals surface area contributed by atoms with E-state index in [2.05, 4.69) is 260 Å². The summed E-state index contributed by atoms with van der Waals surface area (Å²) in [6, 6.07) is 67.7. The molecule has 0 amide bonds. The predicted octanol–water partition coefficient (Wildman–Crippen LogP) is 14.4. The Kier molecular flexibility index (Phi) is 14.1. The first kappa shape index (κ1) is 44.3. The average molecular weight is 1040 g/mol. The van der Waals surface area contributed by atoms with Crippen molar-refractivity contribution in [2.75, 3.05) is 13.2 Å². The number of hydrogen-bond donors (Lipinski definition) is 0. The second kappa shape index (κ2) is 20.9. The topological polar surface area (TPSA) is 9.23 Å².